The van der Waals surface area contributed by atoms with Crippen molar-refractivity contribution in [1.29, 1.82) is 0 Å². The Kier molecular flexibility index (Phi) is 14.0. The van der Waals surface area contributed by atoms with Crippen molar-refractivity contribution in [3.63, 3.8) is 0 Å². The Hall–Kier alpha value is -6.44. The highest BCUT2D eigenvalue weighted by Gasteiger charge is 2.24. The lowest BCUT2D eigenvalue weighted by atomic mass is 10.1. The average Bonchev–Trinajstić information content (AvgIpc) is 4.05. The first-order chi connectivity index (χ1) is 30.4. The van der Waals surface area contributed by atoms with Crippen molar-refractivity contribution in [3.8, 4) is 11.5 Å². The molecular formula is C44H54N12O6S. The molecule has 63 heavy (non-hydrogen) atoms. The molecular weight excluding hydrogens is 825 g/mol. The molecule has 1 saturated heterocycles. The highest BCUT2D eigenvalue weighted by molar-refractivity contribution is 7.13. The van der Waals surface area contributed by atoms with Crippen LogP contribution in [0, 0.1) is 13.8 Å². The number of fused-ring (bicyclic) bond motifs is 2. The number of nitrogens with one attached hydrogen (secondary N) is 2. The molecule has 5 heterocycles. The van der Waals surface area contributed by atoms with Gasteiger partial charge in [0.15, 0.2) is 0 Å². The Labute approximate surface area is 369 Å². The molecule has 4 N–H and O–H groups in total. The van der Waals surface area contributed by atoms with Crippen LogP contribution in [0.3, 0.4) is 0 Å². The molecule has 0 radical (unpaired) electrons. The van der Waals surface area contributed by atoms with Gasteiger partial charge in [0.1, 0.15) is 39.4 Å². The van der Waals surface area contributed by atoms with Gasteiger partial charge in [-0.1, -0.05) is 26.0 Å². The molecule has 0 atom stereocenters. The zero-order valence-electron chi connectivity index (χ0n) is 36.6. The van der Waals surface area contributed by atoms with Gasteiger partial charge in [-0.25, -0.2) is 15.0 Å². The van der Waals surface area contributed by atoms with Gasteiger partial charge in [0, 0.05) is 63.5 Å². The van der Waals surface area contributed by atoms with Crippen LogP contribution in [0.1, 0.15) is 84.5 Å². The second-order valence-electron chi connectivity index (χ2n) is 15.2. The Morgan fingerprint density at radius 1 is 0.825 bits per heavy atom. The topological polar surface area (TPSA) is 210 Å². The van der Waals surface area contributed by atoms with Crippen molar-refractivity contribution in [2.45, 2.75) is 67.1 Å². The number of piperazine rings is 1. The fraction of sp³-hybridized carbons (Fsp3) is 0.409. The Bertz CT molecular complexity index is 2690. The molecule has 6 aromatic rings. The zero-order valence-corrected chi connectivity index (χ0v) is 37.4. The van der Waals surface area contributed by atoms with E-state index in [1.807, 2.05) is 44.4 Å². The van der Waals surface area contributed by atoms with Gasteiger partial charge in [-0.05, 0) is 70.5 Å². The van der Waals surface area contributed by atoms with Crippen molar-refractivity contribution in [1.82, 2.24) is 43.7 Å². The van der Waals surface area contributed by atoms with Gasteiger partial charge in [-0.3, -0.25) is 34.5 Å². The monoisotopic (exact) mass is 878 g/mol. The summed E-state index contributed by atoms with van der Waals surface area (Å²) in [5, 5.41) is 11.2. The van der Waals surface area contributed by atoms with Crippen LogP contribution in [0.4, 0.5) is 11.9 Å². The number of carbonyl (C=O) groups is 4. The fourth-order valence-electron chi connectivity index (χ4n) is 7.84. The number of benzene rings is 2. The lowest BCUT2D eigenvalue weighted by Crippen LogP contribution is -2.46. The van der Waals surface area contributed by atoms with Crippen molar-refractivity contribution in [2.75, 3.05) is 63.6 Å². The van der Waals surface area contributed by atoms with Crippen LogP contribution in [0.25, 0.3) is 22.1 Å². The highest BCUT2D eigenvalue weighted by atomic mass is 32.1. The standard InChI is InChI=1S/C44H54N12O6S/c1-7-31-39(63-28(5)46-31)42(60)50-44-47-32-22-29(26-57)23-35(61-6)37(32)54(44)14-10-11-15-55-38-33(48-43(55)49-41(59)34-21-27(4)51-56(34)9-3)24-30(40(45)58)25-36(38)62-20-12-13-53-18-16-52(8-2)17-19-53/h10-11,21-26H,7-9,12-20H2,1-6H3,(H2,45,58)(H,47,50,60)(H,48,49,59)/b11-10+. The number of allylic oxidation sites excluding steroid dienone is 2. The predicted molar refractivity (Wildman–Crippen MR) is 243 cm³/mol. The first-order valence-corrected chi connectivity index (χ1v) is 22.0. The van der Waals surface area contributed by atoms with E-state index in [-0.39, 0.29) is 36.5 Å². The third-order valence-corrected chi connectivity index (χ3v) is 12.0. The lowest BCUT2D eigenvalue weighted by Gasteiger charge is -2.33. The van der Waals surface area contributed by atoms with E-state index in [0.717, 1.165) is 57.0 Å². The Morgan fingerprint density at radius 2 is 1.48 bits per heavy atom. The van der Waals surface area contributed by atoms with E-state index in [1.165, 1.54) is 18.4 Å². The van der Waals surface area contributed by atoms with Crippen LogP contribution >= 0.6 is 11.3 Å². The SMILES string of the molecule is CCc1nc(C)sc1C(=O)Nc1nc2cc(C=O)cc(OC)c2n1C/C=C/Cn1c(NC(=O)c2cc(C)nn2CC)nc2cc(C(N)=O)cc(OCCCN3CCN(CC)CC3)c21. The first kappa shape index (κ1) is 44.6. The molecule has 2 aromatic carbocycles. The molecule has 1 aliphatic rings. The third-order valence-electron chi connectivity index (χ3n) is 11.0. The van der Waals surface area contributed by atoms with Crippen molar-refractivity contribution in [2.24, 2.45) is 5.73 Å². The van der Waals surface area contributed by atoms with Gasteiger partial charge in [0.2, 0.25) is 17.8 Å². The van der Waals surface area contributed by atoms with Gasteiger partial charge in [0.05, 0.1) is 41.1 Å². The average molecular weight is 879 g/mol. The van der Waals surface area contributed by atoms with E-state index in [9.17, 15) is 19.2 Å². The number of aryl methyl sites for hydroxylation is 4. The summed E-state index contributed by atoms with van der Waals surface area (Å²) in [5.41, 5.74) is 10.2. The van der Waals surface area contributed by atoms with E-state index in [1.54, 1.807) is 39.6 Å². The van der Waals surface area contributed by atoms with Gasteiger partial charge >= 0.3 is 0 Å². The molecule has 3 amide bonds. The summed E-state index contributed by atoms with van der Waals surface area (Å²) in [6.07, 6.45) is 5.84. The highest BCUT2D eigenvalue weighted by Crippen LogP contribution is 2.33. The number of nitrogens with zero attached hydrogens (tertiary/aromatic N) is 9. The van der Waals surface area contributed by atoms with Crippen molar-refractivity contribution in [3.05, 3.63) is 80.6 Å². The number of ether oxygens (including phenoxy) is 2. The zero-order chi connectivity index (χ0) is 44.8. The second-order valence-corrected chi connectivity index (χ2v) is 16.4. The molecule has 19 heteroatoms. The number of aldehydes is 1. The summed E-state index contributed by atoms with van der Waals surface area (Å²) in [7, 11) is 1.51. The van der Waals surface area contributed by atoms with Crippen LogP contribution < -0.4 is 25.8 Å². The molecule has 1 fully saturated rings. The normalized spacial score (nSPS) is 13.6. The number of anilines is 2. The van der Waals surface area contributed by atoms with Crippen molar-refractivity contribution < 1.29 is 28.7 Å². The van der Waals surface area contributed by atoms with Crippen LogP contribution in [-0.2, 0) is 26.1 Å². The largest absolute Gasteiger partial charge is 0.494 e. The minimum Gasteiger partial charge on any atom is -0.494 e. The molecule has 0 saturated carbocycles. The maximum absolute atomic E-state index is 13.8. The number of aromatic nitrogens is 7. The van der Waals surface area contributed by atoms with Gasteiger partial charge < -0.3 is 34.1 Å². The number of methoxy groups -OCH3 is 1. The number of rotatable bonds is 19. The van der Waals surface area contributed by atoms with E-state index in [2.05, 4.69) is 37.4 Å². The Morgan fingerprint density at radius 3 is 2.10 bits per heavy atom. The lowest BCUT2D eigenvalue weighted by molar-refractivity contribution is 0.0995. The maximum Gasteiger partial charge on any atom is 0.276 e. The molecule has 0 unspecified atom stereocenters. The number of thiazole rings is 1. The molecule has 18 nitrogen and oxygen atoms in total. The van der Waals surface area contributed by atoms with Gasteiger partial charge in [-0.2, -0.15) is 5.10 Å². The molecule has 0 bridgehead atoms. The number of carbonyl (C=O) groups excluding carboxylic acids is 4. The van der Waals surface area contributed by atoms with Crippen LogP contribution in [0.2, 0.25) is 0 Å². The fourth-order valence-corrected chi connectivity index (χ4v) is 8.75. The van der Waals surface area contributed by atoms with Crippen LogP contribution in [-0.4, -0.2) is 121 Å². The quantitative estimate of drug-likeness (QED) is 0.0536. The number of primary amides is 1. The number of hydrogen-bond acceptors (Lipinski definition) is 13. The molecule has 4 aromatic heterocycles. The van der Waals surface area contributed by atoms with Crippen LogP contribution in [0.5, 0.6) is 11.5 Å². The summed E-state index contributed by atoms with van der Waals surface area (Å²) in [4.78, 5) is 71.4. The number of nitrogens with two attached hydrogens (primary N) is 1. The van der Waals surface area contributed by atoms with E-state index in [4.69, 9.17) is 25.2 Å². The first-order valence-electron chi connectivity index (χ1n) is 21.2. The summed E-state index contributed by atoms with van der Waals surface area (Å²) < 4.78 is 17.4. The minimum atomic E-state index is -0.638. The third kappa shape index (κ3) is 9.80. The van der Waals surface area contributed by atoms with E-state index < -0.39 is 11.8 Å². The Balaban J connectivity index is 1.23. The van der Waals surface area contributed by atoms with E-state index in [0.29, 0.717) is 80.7 Å². The number of amides is 3. The number of hydrogen-bond donors (Lipinski definition) is 3. The summed E-state index contributed by atoms with van der Waals surface area (Å²) in [6.45, 7) is 17.0. The second kappa shape index (κ2) is 19.7. The molecule has 1 aliphatic heterocycles. The summed E-state index contributed by atoms with van der Waals surface area (Å²) in [5.74, 6) is -0.120. The molecule has 332 valence electrons. The van der Waals surface area contributed by atoms with Gasteiger partial charge in [-0.15, -0.1) is 11.3 Å². The van der Waals surface area contributed by atoms with Gasteiger partial charge in [0.25, 0.3) is 11.8 Å². The van der Waals surface area contributed by atoms with E-state index >= 15 is 0 Å². The number of imidazole rings is 2. The van der Waals surface area contributed by atoms with Crippen molar-refractivity contribution >= 4 is 69.3 Å². The molecule has 0 aliphatic carbocycles. The van der Waals surface area contributed by atoms with Crippen LogP contribution in [0.15, 0.2) is 42.5 Å². The summed E-state index contributed by atoms with van der Waals surface area (Å²) >= 11 is 1.31. The number of likely N-dealkylation sites (N-methyl/N-ethyl adjacent to an activating group) is 1. The predicted octanol–water partition coefficient (Wildman–Crippen LogP) is 5.33. The molecule has 0 spiro atoms. The minimum absolute atomic E-state index is 0.201. The summed E-state index contributed by atoms with van der Waals surface area (Å²) in [6, 6.07) is 8.19. The smallest absolute Gasteiger partial charge is 0.276 e. The maximum atomic E-state index is 13.8. The molecule has 7 rings (SSSR count).